The Labute approximate surface area is 220 Å². The van der Waals surface area contributed by atoms with Crippen LogP contribution in [0.5, 0.6) is 5.75 Å². The number of piperazine rings is 1. The van der Waals surface area contributed by atoms with Crippen LogP contribution in [0.15, 0.2) is 36.5 Å². The lowest BCUT2D eigenvalue weighted by atomic mass is 9.97. The Bertz CT molecular complexity index is 1290. The molecule has 5 rings (SSSR count). The minimum absolute atomic E-state index is 0.190. The molecule has 2 aromatic carbocycles. The van der Waals surface area contributed by atoms with Crippen molar-refractivity contribution >= 4 is 22.6 Å². The standard InChI is InChI=1S/C28H34F2N4O4/c1-17-9-25(37-2)22(20-5-6-31-27(17)20)12-34-8-7-33(14-26(29)30)13-24(34)19-3-4-21(28(35)36)23(10-19)32-11-18-15-38-16-18/h3-6,9-10,18,24,26,31-32H,7-8,11-16H2,1-2H3,(H,35,36). The molecule has 10 heteroatoms. The van der Waals surface area contributed by atoms with Crippen molar-refractivity contribution in [3.63, 3.8) is 0 Å². The Kier molecular flexibility index (Phi) is 7.83. The fraction of sp³-hybridized carbons (Fsp3) is 0.464. The molecule has 0 bridgehead atoms. The predicted octanol–water partition coefficient (Wildman–Crippen LogP) is 4.37. The number of aromatic amines is 1. The van der Waals surface area contributed by atoms with E-state index in [-0.39, 0.29) is 18.2 Å². The van der Waals surface area contributed by atoms with Crippen LogP contribution in [0.1, 0.15) is 33.1 Å². The van der Waals surface area contributed by atoms with Crippen molar-refractivity contribution < 1.29 is 28.2 Å². The first-order valence-electron chi connectivity index (χ1n) is 12.9. The molecule has 204 valence electrons. The molecule has 3 N–H and O–H groups in total. The highest BCUT2D eigenvalue weighted by molar-refractivity contribution is 5.94. The lowest BCUT2D eigenvalue weighted by Crippen LogP contribution is -2.49. The van der Waals surface area contributed by atoms with E-state index in [4.69, 9.17) is 9.47 Å². The highest BCUT2D eigenvalue weighted by atomic mass is 19.3. The summed E-state index contributed by atoms with van der Waals surface area (Å²) >= 11 is 0. The zero-order chi connectivity index (χ0) is 26.8. The molecule has 8 nitrogen and oxygen atoms in total. The van der Waals surface area contributed by atoms with Crippen LogP contribution in [0, 0.1) is 12.8 Å². The van der Waals surface area contributed by atoms with E-state index in [0.717, 1.165) is 33.3 Å². The summed E-state index contributed by atoms with van der Waals surface area (Å²) in [5.74, 6) is 0.114. The van der Waals surface area contributed by atoms with Crippen molar-refractivity contribution in [1.82, 2.24) is 14.8 Å². The maximum atomic E-state index is 13.3. The van der Waals surface area contributed by atoms with Crippen LogP contribution in [-0.2, 0) is 11.3 Å². The number of H-pyrrole nitrogens is 1. The highest BCUT2D eigenvalue weighted by Crippen LogP contribution is 2.36. The highest BCUT2D eigenvalue weighted by Gasteiger charge is 2.31. The lowest BCUT2D eigenvalue weighted by Gasteiger charge is -2.42. The van der Waals surface area contributed by atoms with Gasteiger partial charge in [-0.05, 0) is 42.3 Å². The summed E-state index contributed by atoms with van der Waals surface area (Å²) in [7, 11) is 1.66. The first kappa shape index (κ1) is 26.4. The first-order chi connectivity index (χ1) is 18.3. The van der Waals surface area contributed by atoms with Gasteiger partial charge in [-0.25, -0.2) is 13.6 Å². The molecule has 3 heterocycles. The van der Waals surface area contributed by atoms with Crippen LogP contribution in [0.3, 0.4) is 0 Å². The quantitative estimate of drug-likeness (QED) is 0.360. The smallest absolute Gasteiger partial charge is 0.337 e. The molecule has 2 aliphatic rings. The minimum atomic E-state index is -2.42. The van der Waals surface area contributed by atoms with Gasteiger partial charge < -0.3 is 24.9 Å². The predicted molar refractivity (Wildman–Crippen MR) is 141 cm³/mol. The van der Waals surface area contributed by atoms with Gasteiger partial charge in [-0.15, -0.1) is 0 Å². The van der Waals surface area contributed by atoms with Crippen molar-refractivity contribution in [2.45, 2.75) is 25.9 Å². The Morgan fingerprint density at radius 3 is 2.76 bits per heavy atom. The van der Waals surface area contributed by atoms with Gasteiger partial charge in [0.05, 0.1) is 32.4 Å². The zero-order valence-corrected chi connectivity index (χ0v) is 21.7. The summed E-state index contributed by atoms with van der Waals surface area (Å²) in [4.78, 5) is 19.3. The number of carbonyl (C=O) groups is 1. The number of anilines is 1. The van der Waals surface area contributed by atoms with Crippen molar-refractivity contribution in [3.8, 4) is 5.75 Å². The van der Waals surface area contributed by atoms with Crippen molar-refractivity contribution in [2.24, 2.45) is 5.92 Å². The number of methoxy groups -OCH3 is 1. The van der Waals surface area contributed by atoms with Crippen LogP contribution in [0.2, 0.25) is 0 Å². The van der Waals surface area contributed by atoms with Gasteiger partial charge in [-0.1, -0.05) is 6.07 Å². The normalized spacial score (nSPS) is 19.1. The number of hydrogen-bond donors (Lipinski definition) is 3. The fourth-order valence-corrected chi connectivity index (χ4v) is 5.49. The average molecular weight is 529 g/mol. The number of alkyl halides is 2. The van der Waals surface area contributed by atoms with Gasteiger partial charge in [0.2, 0.25) is 0 Å². The number of benzene rings is 2. The molecule has 38 heavy (non-hydrogen) atoms. The Morgan fingerprint density at radius 1 is 1.26 bits per heavy atom. The van der Waals surface area contributed by atoms with Gasteiger partial charge >= 0.3 is 5.97 Å². The third-order valence-electron chi connectivity index (χ3n) is 7.61. The van der Waals surface area contributed by atoms with E-state index >= 15 is 0 Å². The number of nitrogens with zero attached hydrogens (tertiary/aromatic N) is 2. The van der Waals surface area contributed by atoms with E-state index in [1.54, 1.807) is 18.1 Å². The molecule has 0 aliphatic carbocycles. The molecule has 0 amide bonds. The third-order valence-corrected chi connectivity index (χ3v) is 7.61. The van der Waals surface area contributed by atoms with Crippen LogP contribution in [0.25, 0.3) is 10.9 Å². The minimum Gasteiger partial charge on any atom is -0.496 e. The summed E-state index contributed by atoms with van der Waals surface area (Å²) in [5.41, 5.74) is 4.78. The Hall–Kier alpha value is -3.21. The van der Waals surface area contributed by atoms with Crippen LogP contribution >= 0.6 is 0 Å². The van der Waals surface area contributed by atoms with Gasteiger partial charge in [-0.2, -0.15) is 0 Å². The Balaban J connectivity index is 1.49. The molecular formula is C28H34F2N4O4. The SMILES string of the molecule is COc1cc(C)c2[nH]ccc2c1CN1CCN(CC(F)F)CC1c1ccc(C(=O)O)c(NCC2COC2)c1. The van der Waals surface area contributed by atoms with E-state index in [0.29, 0.717) is 57.5 Å². The van der Waals surface area contributed by atoms with E-state index < -0.39 is 12.4 Å². The van der Waals surface area contributed by atoms with E-state index in [9.17, 15) is 18.7 Å². The molecule has 2 fully saturated rings. The largest absolute Gasteiger partial charge is 0.496 e. The fourth-order valence-electron chi connectivity index (χ4n) is 5.49. The van der Waals surface area contributed by atoms with Crippen molar-refractivity contribution in [1.29, 1.82) is 0 Å². The van der Waals surface area contributed by atoms with Crippen molar-refractivity contribution in [2.75, 3.05) is 58.4 Å². The number of carboxylic acids is 1. The zero-order valence-electron chi connectivity index (χ0n) is 21.7. The topological polar surface area (TPSA) is 90.1 Å². The maximum absolute atomic E-state index is 13.3. The number of carboxylic acid groups (broad SMARTS) is 1. The van der Waals surface area contributed by atoms with Crippen LogP contribution in [0.4, 0.5) is 14.5 Å². The number of hydrogen-bond acceptors (Lipinski definition) is 6. The number of rotatable bonds is 10. The van der Waals surface area contributed by atoms with Crippen molar-refractivity contribution in [3.05, 3.63) is 58.8 Å². The molecule has 2 saturated heterocycles. The second kappa shape index (κ2) is 11.3. The second-order valence-corrected chi connectivity index (χ2v) is 10.2. The number of nitrogens with one attached hydrogen (secondary N) is 2. The molecule has 0 saturated carbocycles. The van der Waals surface area contributed by atoms with Gasteiger partial charge in [0.15, 0.2) is 0 Å². The summed E-state index contributed by atoms with van der Waals surface area (Å²) in [6, 6.07) is 9.13. The van der Waals surface area contributed by atoms with Crippen LogP contribution < -0.4 is 10.1 Å². The number of aromatic carboxylic acids is 1. The van der Waals surface area contributed by atoms with Gasteiger partial charge in [0.1, 0.15) is 5.75 Å². The summed E-state index contributed by atoms with van der Waals surface area (Å²) in [6.07, 6.45) is -0.510. The van der Waals surface area contributed by atoms with E-state index in [1.165, 1.54) is 0 Å². The molecule has 1 aromatic heterocycles. The van der Waals surface area contributed by atoms with Crippen LogP contribution in [-0.4, -0.2) is 85.3 Å². The summed E-state index contributed by atoms with van der Waals surface area (Å²) < 4.78 is 37.7. The monoisotopic (exact) mass is 528 g/mol. The molecule has 1 atom stereocenters. The van der Waals surface area contributed by atoms with E-state index in [2.05, 4.69) is 15.2 Å². The second-order valence-electron chi connectivity index (χ2n) is 10.2. The summed E-state index contributed by atoms with van der Waals surface area (Å²) in [6.45, 7) is 5.74. The number of halogens is 2. The lowest BCUT2D eigenvalue weighted by molar-refractivity contribution is -0.0248. The first-order valence-corrected chi connectivity index (χ1v) is 12.9. The molecule has 3 aromatic rings. The summed E-state index contributed by atoms with van der Waals surface area (Å²) in [5, 5.41) is 14.1. The Morgan fingerprint density at radius 2 is 2.08 bits per heavy atom. The number of ether oxygens (including phenoxy) is 2. The number of aryl methyl sites for hydroxylation is 1. The van der Waals surface area contributed by atoms with Gasteiger partial charge in [0.25, 0.3) is 6.43 Å². The third kappa shape index (κ3) is 5.48. The molecule has 2 aliphatic heterocycles. The molecule has 1 unspecified atom stereocenters. The van der Waals surface area contributed by atoms with Gasteiger partial charge in [0, 0.05) is 73.0 Å². The molecule has 0 radical (unpaired) electrons. The van der Waals surface area contributed by atoms with Gasteiger partial charge in [-0.3, -0.25) is 9.80 Å². The molecule has 0 spiro atoms. The number of aromatic nitrogens is 1. The number of fused-ring (bicyclic) bond motifs is 1. The average Bonchev–Trinajstić information content (AvgIpc) is 3.35. The maximum Gasteiger partial charge on any atom is 0.337 e. The van der Waals surface area contributed by atoms with E-state index in [1.807, 2.05) is 37.4 Å². The molecular weight excluding hydrogens is 494 g/mol.